The number of hydrogen-bond acceptors (Lipinski definition) is 4. The van der Waals surface area contributed by atoms with Crippen LogP contribution in [0.3, 0.4) is 0 Å². The number of aryl methyl sites for hydroxylation is 1. The van der Waals surface area contributed by atoms with Gasteiger partial charge in [-0.1, -0.05) is 5.16 Å². The lowest BCUT2D eigenvalue weighted by atomic mass is 9.91. The second kappa shape index (κ2) is 4.10. The first-order valence-corrected chi connectivity index (χ1v) is 6.20. The lowest BCUT2D eigenvalue weighted by molar-refractivity contribution is 0.0664. The molecule has 1 aliphatic heterocycles. The molecule has 1 N–H and O–H groups in total. The number of aromatic nitrogens is 1. The zero-order chi connectivity index (χ0) is 12.7. The summed E-state index contributed by atoms with van der Waals surface area (Å²) in [6.07, 6.45) is 0. The van der Waals surface area contributed by atoms with Crippen LogP contribution in [0.5, 0.6) is 0 Å². The van der Waals surface area contributed by atoms with Gasteiger partial charge in [0, 0.05) is 30.2 Å². The molecular weight excluding hydrogens is 214 g/mol. The zero-order valence-electron chi connectivity index (χ0n) is 11.5. The fourth-order valence-electron chi connectivity index (χ4n) is 2.99. The van der Waals surface area contributed by atoms with Crippen LogP contribution >= 0.6 is 0 Å². The van der Waals surface area contributed by atoms with Crippen molar-refractivity contribution in [3.8, 4) is 0 Å². The van der Waals surface area contributed by atoms with Crippen LogP contribution in [0.15, 0.2) is 10.6 Å². The maximum absolute atomic E-state index is 5.29. The van der Waals surface area contributed by atoms with Gasteiger partial charge < -0.3 is 9.84 Å². The Bertz CT molecular complexity index is 379. The largest absolute Gasteiger partial charge is 0.360 e. The van der Waals surface area contributed by atoms with Crippen LogP contribution in [-0.2, 0) is 6.54 Å². The van der Waals surface area contributed by atoms with Gasteiger partial charge in [-0.15, -0.1) is 0 Å². The third-order valence-electron chi connectivity index (χ3n) is 2.97. The fraction of sp³-hybridized carbons (Fsp3) is 0.769. The number of hydrogen-bond donors (Lipinski definition) is 1. The van der Waals surface area contributed by atoms with Crippen LogP contribution < -0.4 is 5.32 Å². The lowest BCUT2D eigenvalue weighted by Crippen LogP contribution is -2.66. The third kappa shape index (κ3) is 3.30. The third-order valence-corrected chi connectivity index (χ3v) is 2.97. The van der Waals surface area contributed by atoms with E-state index >= 15 is 0 Å². The maximum Gasteiger partial charge on any atom is 0.150 e. The Labute approximate surface area is 103 Å². The van der Waals surface area contributed by atoms with Gasteiger partial charge in [0.2, 0.25) is 0 Å². The van der Waals surface area contributed by atoms with Gasteiger partial charge in [0.25, 0.3) is 0 Å². The first-order valence-electron chi connectivity index (χ1n) is 6.20. The maximum atomic E-state index is 5.29. The zero-order valence-corrected chi connectivity index (χ0v) is 11.5. The summed E-state index contributed by atoms with van der Waals surface area (Å²) in [5.41, 5.74) is 1.22. The van der Waals surface area contributed by atoms with Gasteiger partial charge in [0.05, 0.1) is 12.2 Å². The van der Waals surface area contributed by atoms with Gasteiger partial charge in [-0.2, -0.15) is 0 Å². The highest BCUT2D eigenvalue weighted by molar-refractivity contribution is 5.05. The molecule has 0 aromatic carbocycles. The molecule has 0 saturated carbocycles. The van der Waals surface area contributed by atoms with Gasteiger partial charge in [0.1, 0.15) is 0 Å². The number of nitrogens with one attached hydrogen (secondary N) is 1. The molecule has 0 unspecified atom stereocenters. The van der Waals surface area contributed by atoms with E-state index in [2.05, 4.69) is 43.1 Å². The van der Waals surface area contributed by atoms with E-state index in [9.17, 15) is 0 Å². The first-order chi connectivity index (χ1) is 7.76. The van der Waals surface area contributed by atoms with Crippen molar-refractivity contribution in [1.29, 1.82) is 0 Å². The Hall–Kier alpha value is -0.870. The molecule has 1 aliphatic rings. The quantitative estimate of drug-likeness (QED) is 0.853. The van der Waals surface area contributed by atoms with Crippen molar-refractivity contribution in [3.05, 3.63) is 17.5 Å². The summed E-state index contributed by atoms with van der Waals surface area (Å²) in [5.74, 6) is 0.955. The molecule has 4 nitrogen and oxygen atoms in total. The molecule has 2 rings (SSSR count). The molecule has 96 valence electrons. The number of nitrogens with zero attached hydrogens (tertiary/aromatic N) is 2. The normalized spacial score (nSPS) is 23.8. The van der Waals surface area contributed by atoms with E-state index in [1.807, 2.05) is 13.0 Å². The second-order valence-corrected chi connectivity index (χ2v) is 6.47. The highest BCUT2D eigenvalue weighted by atomic mass is 16.5. The van der Waals surface area contributed by atoms with Crippen molar-refractivity contribution in [3.63, 3.8) is 0 Å². The molecule has 0 bridgehead atoms. The molecule has 4 heteroatoms. The average Bonchev–Trinajstić information content (AvgIpc) is 2.44. The van der Waals surface area contributed by atoms with Gasteiger partial charge in [0.15, 0.2) is 5.76 Å². The van der Waals surface area contributed by atoms with Crippen molar-refractivity contribution in [2.24, 2.45) is 0 Å². The van der Waals surface area contributed by atoms with Crippen LogP contribution in [0, 0.1) is 6.92 Å². The predicted molar refractivity (Wildman–Crippen MR) is 67.8 cm³/mol. The molecule has 1 aromatic rings. The number of rotatable bonds is 2. The number of piperazine rings is 1. The Balaban J connectivity index is 2.06. The predicted octanol–water partition coefficient (Wildman–Crippen LogP) is 1.95. The van der Waals surface area contributed by atoms with E-state index in [1.165, 1.54) is 0 Å². The fourth-order valence-corrected chi connectivity index (χ4v) is 2.99. The summed E-state index contributed by atoms with van der Waals surface area (Å²) >= 11 is 0. The summed E-state index contributed by atoms with van der Waals surface area (Å²) in [5, 5.41) is 7.60. The molecule has 2 heterocycles. The van der Waals surface area contributed by atoms with Crippen LogP contribution in [0.2, 0.25) is 0 Å². The van der Waals surface area contributed by atoms with Crippen LogP contribution in [0.25, 0.3) is 0 Å². The monoisotopic (exact) mass is 237 g/mol. The van der Waals surface area contributed by atoms with E-state index in [1.54, 1.807) is 0 Å². The summed E-state index contributed by atoms with van der Waals surface area (Å²) in [6, 6.07) is 2.02. The van der Waals surface area contributed by atoms with Crippen molar-refractivity contribution >= 4 is 0 Å². The molecule has 0 radical (unpaired) electrons. The van der Waals surface area contributed by atoms with Crippen LogP contribution in [-0.4, -0.2) is 34.2 Å². The highest BCUT2D eigenvalue weighted by Gasteiger charge is 2.36. The van der Waals surface area contributed by atoms with E-state index in [-0.39, 0.29) is 11.1 Å². The SMILES string of the molecule is Cc1cc(CN2CC(C)(C)NC(C)(C)C2)on1. The minimum Gasteiger partial charge on any atom is -0.360 e. The van der Waals surface area contributed by atoms with Crippen molar-refractivity contribution in [2.75, 3.05) is 13.1 Å². The molecule has 17 heavy (non-hydrogen) atoms. The Morgan fingerprint density at radius 1 is 1.29 bits per heavy atom. The van der Waals surface area contributed by atoms with E-state index in [0.717, 1.165) is 31.1 Å². The van der Waals surface area contributed by atoms with Crippen molar-refractivity contribution < 1.29 is 4.52 Å². The van der Waals surface area contributed by atoms with Gasteiger partial charge in [-0.25, -0.2) is 0 Å². The van der Waals surface area contributed by atoms with E-state index in [4.69, 9.17) is 4.52 Å². The van der Waals surface area contributed by atoms with Crippen molar-refractivity contribution in [1.82, 2.24) is 15.4 Å². The van der Waals surface area contributed by atoms with E-state index < -0.39 is 0 Å². The molecule has 1 fully saturated rings. The van der Waals surface area contributed by atoms with Gasteiger partial charge in [-0.3, -0.25) is 4.90 Å². The Morgan fingerprint density at radius 3 is 2.35 bits per heavy atom. The molecule has 0 amide bonds. The molecular formula is C13H23N3O. The highest BCUT2D eigenvalue weighted by Crippen LogP contribution is 2.22. The van der Waals surface area contributed by atoms with E-state index in [0.29, 0.717) is 0 Å². The van der Waals surface area contributed by atoms with Gasteiger partial charge in [-0.05, 0) is 34.6 Å². The summed E-state index contributed by atoms with van der Waals surface area (Å²) in [7, 11) is 0. The lowest BCUT2D eigenvalue weighted by Gasteiger charge is -2.48. The van der Waals surface area contributed by atoms with Crippen LogP contribution in [0.4, 0.5) is 0 Å². The minimum absolute atomic E-state index is 0.136. The Morgan fingerprint density at radius 2 is 1.88 bits per heavy atom. The molecule has 1 saturated heterocycles. The second-order valence-electron chi connectivity index (χ2n) is 6.47. The first kappa shape index (κ1) is 12.6. The molecule has 0 spiro atoms. The average molecular weight is 237 g/mol. The molecule has 1 aromatic heterocycles. The standard InChI is InChI=1S/C13H23N3O/c1-10-6-11(17-14-10)7-16-8-12(2,3)15-13(4,5)9-16/h6,15H,7-9H2,1-5H3. The summed E-state index contributed by atoms with van der Waals surface area (Å²) in [6.45, 7) is 13.8. The summed E-state index contributed by atoms with van der Waals surface area (Å²) in [4.78, 5) is 2.43. The smallest absolute Gasteiger partial charge is 0.150 e. The molecule has 0 atom stereocenters. The topological polar surface area (TPSA) is 41.3 Å². The van der Waals surface area contributed by atoms with Gasteiger partial charge >= 0.3 is 0 Å². The van der Waals surface area contributed by atoms with Crippen molar-refractivity contribution in [2.45, 2.75) is 52.2 Å². The minimum atomic E-state index is 0.136. The summed E-state index contributed by atoms with van der Waals surface area (Å²) < 4.78 is 5.29. The molecule has 0 aliphatic carbocycles. The Kier molecular flexibility index (Phi) is 3.04. The van der Waals surface area contributed by atoms with Crippen LogP contribution in [0.1, 0.15) is 39.1 Å².